The number of nitrogens with one attached hydrogen (secondary N) is 1. The molecule has 0 radical (unpaired) electrons. The van der Waals surface area contributed by atoms with Crippen LogP contribution in [0, 0.1) is 0 Å². The third-order valence-corrected chi connectivity index (χ3v) is 5.11. The highest BCUT2D eigenvalue weighted by atomic mass is 16.5. The molecule has 0 amide bonds. The summed E-state index contributed by atoms with van der Waals surface area (Å²) >= 11 is 0. The van der Waals surface area contributed by atoms with Crippen LogP contribution in [-0.4, -0.2) is 25.4 Å². The van der Waals surface area contributed by atoms with Crippen LogP contribution >= 0.6 is 0 Å². The van der Waals surface area contributed by atoms with Crippen molar-refractivity contribution in [3.05, 3.63) is 29.8 Å². The van der Waals surface area contributed by atoms with Crippen LogP contribution in [0.3, 0.4) is 0 Å². The predicted octanol–water partition coefficient (Wildman–Crippen LogP) is 3.84. The van der Waals surface area contributed by atoms with Crippen LogP contribution in [0.25, 0.3) is 0 Å². The summed E-state index contributed by atoms with van der Waals surface area (Å²) < 4.78 is 11.8. The molecule has 1 aliphatic heterocycles. The molecule has 3 nitrogen and oxygen atoms in total. The molecule has 3 rings (SSSR count). The summed E-state index contributed by atoms with van der Waals surface area (Å²) in [6.07, 6.45) is 8.06. The standard InChI is InChI=1S/C18H27NO2/c1-14(16-7-3-4-8-17(16)20-2)19-13-15-9-12-18(21-15)10-5-6-11-18/h3-4,7-8,14-15,19H,5-6,9-13H2,1-2H3/t14-,15?/m1/s1. The smallest absolute Gasteiger partial charge is 0.123 e. The summed E-state index contributed by atoms with van der Waals surface area (Å²) in [6.45, 7) is 3.12. The van der Waals surface area contributed by atoms with Gasteiger partial charge in [-0.3, -0.25) is 0 Å². The summed E-state index contributed by atoms with van der Waals surface area (Å²) in [5.74, 6) is 0.956. The minimum absolute atomic E-state index is 0.236. The third-order valence-electron chi connectivity index (χ3n) is 5.11. The van der Waals surface area contributed by atoms with Crippen LogP contribution in [-0.2, 0) is 4.74 Å². The minimum atomic E-state index is 0.236. The van der Waals surface area contributed by atoms with Gasteiger partial charge in [0.05, 0.1) is 18.8 Å². The average molecular weight is 289 g/mol. The Morgan fingerprint density at radius 1 is 1.29 bits per heavy atom. The molecule has 1 unspecified atom stereocenters. The van der Waals surface area contributed by atoms with Gasteiger partial charge in [0.1, 0.15) is 5.75 Å². The first-order valence-corrected chi connectivity index (χ1v) is 8.26. The number of ether oxygens (including phenoxy) is 2. The fraction of sp³-hybridized carbons (Fsp3) is 0.667. The predicted molar refractivity (Wildman–Crippen MR) is 84.7 cm³/mol. The van der Waals surface area contributed by atoms with Crippen molar-refractivity contribution in [2.45, 2.75) is 63.2 Å². The average Bonchev–Trinajstić information content (AvgIpc) is 3.15. The molecule has 1 heterocycles. The lowest BCUT2D eigenvalue weighted by atomic mass is 9.98. The fourth-order valence-electron chi connectivity index (χ4n) is 3.87. The Hall–Kier alpha value is -1.06. The molecule has 2 aliphatic rings. The van der Waals surface area contributed by atoms with Gasteiger partial charge in [-0.2, -0.15) is 0 Å². The van der Waals surface area contributed by atoms with Gasteiger partial charge in [-0.25, -0.2) is 0 Å². The van der Waals surface area contributed by atoms with E-state index >= 15 is 0 Å². The molecule has 21 heavy (non-hydrogen) atoms. The monoisotopic (exact) mass is 289 g/mol. The quantitative estimate of drug-likeness (QED) is 0.893. The molecule has 1 saturated carbocycles. The van der Waals surface area contributed by atoms with E-state index in [1.807, 2.05) is 12.1 Å². The molecule has 1 aliphatic carbocycles. The largest absolute Gasteiger partial charge is 0.496 e. The second kappa shape index (κ2) is 6.37. The van der Waals surface area contributed by atoms with Crippen molar-refractivity contribution in [1.29, 1.82) is 0 Å². The molecule has 2 fully saturated rings. The summed E-state index contributed by atoms with van der Waals surface area (Å²) in [7, 11) is 1.73. The Morgan fingerprint density at radius 2 is 2.05 bits per heavy atom. The number of rotatable bonds is 5. The molecular formula is C18H27NO2. The van der Waals surface area contributed by atoms with E-state index < -0.39 is 0 Å². The summed E-state index contributed by atoms with van der Waals surface area (Å²) in [6, 6.07) is 8.51. The highest BCUT2D eigenvalue weighted by Gasteiger charge is 2.41. The lowest BCUT2D eigenvalue weighted by Gasteiger charge is -2.25. The van der Waals surface area contributed by atoms with E-state index in [2.05, 4.69) is 24.4 Å². The van der Waals surface area contributed by atoms with Gasteiger partial charge in [-0.05, 0) is 38.7 Å². The van der Waals surface area contributed by atoms with E-state index in [4.69, 9.17) is 9.47 Å². The Morgan fingerprint density at radius 3 is 2.81 bits per heavy atom. The fourth-order valence-corrected chi connectivity index (χ4v) is 3.87. The highest BCUT2D eigenvalue weighted by Crippen LogP contribution is 2.43. The molecular weight excluding hydrogens is 262 g/mol. The van der Waals surface area contributed by atoms with Crippen molar-refractivity contribution in [3.8, 4) is 5.75 Å². The number of hydrogen-bond donors (Lipinski definition) is 1. The molecule has 0 aromatic heterocycles. The van der Waals surface area contributed by atoms with E-state index in [0.717, 1.165) is 12.3 Å². The first-order valence-electron chi connectivity index (χ1n) is 8.26. The van der Waals surface area contributed by atoms with Crippen LogP contribution in [0.1, 0.15) is 57.1 Å². The summed E-state index contributed by atoms with van der Waals surface area (Å²) in [4.78, 5) is 0. The second-order valence-electron chi connectivity index (χ2n) is 6.54. The van der Waals surface area contributed by atoms with Gasteiger partial charge in [-0.15, -0.1) is 0 Å². The van der Waals surface area contributed by atoms with Crippen LogP contribution in [0.5, 0.6) is 5.75 Å². The van der Waals surface area contributed by atoms with Gasteiger partial charge in [-0.1, -0.05) is 31.0 Å². The maximum absolute atomic E-state index is 6.36. The topological polar surface area (TPSA) is 30.5 Å². The first-order chi connectivity index (χ1) is 10.2. The van der Waals surface area contributed by atoms with E-state index in [-0.39, 0.29) is 11.6 Å². The Balaban J connectivity index is 1.53. The van der Waals surface area contributed by atoms with Gasteiger partial charge < -0.3 is 14.8 Å². The lowest BCUT2D eigenvalue weighted by molar-refractivity contribution is -0.0357. The molecule has 1 aromatic rings. The van der Waals surface area contributed by atoms with E-state index in [9.17, 15) is 0 Å². The maximum Gasteiger partial charge on any atom is 0.123 e. The van der Waals surface area contributed by atoms with Crippen LogP contribution in [0.2, 0.25) is 0 Å². The van der Waals surface area contributed by atoms with Gasteiger partial charge in [0.2, 0.25) is 0 Å². The van der Waals surface area contributed by atoms with Crippen LogP contribution in [0.4, 0.5) is 0 Å². The van der Waals surface area contributed by atoms with Crippen molar-refractivity contribution in [2.75, 3.05) is 13.7 Å². The zero-order chi connectivity index (χ0) is 14.7. The van der Waals surface area contributed by atoms with E-state index in [1.54, 1.807) is 7.11 Å². The number of para-hydroxylation sites is 1. The number of hydrogen-bond acceptors (Lipinski definition) is 3. The first kappa shape index (κ1) is 14.9. The Bertz CT molecular complexity index is 468. The molecule has 1 spiro atoms. The maximum atomic E-state index is 6.36. The van der Waals surface area contributed by atoms with Crippen molar-refractivity contribution < 1.29 is 9.47 Å². The summed E-state index contributed by atoms with van der Waals surface area (Å²) in [5, 5.41) is 3.62. The van der Waals surface area contributed by atoms with Crippen molar-refractivity contribution in [1.82, 2.24) is 5.32 Å². The van der Waals surface area contributed by atoms with Crippen LogP contribution < -0.4 is 10.1 Å². The van der Waals surface area contributed by atoms with Crippen molar-refractivity contribution >= 4 is 0 Å². The zero-order valence-electron chi connectivity index (χ0n) is 13.2. The van der Waals surface area contributed by atoms with Crippen molar-refractivity contribution in [2.24, 2.45) is 0 Å². The molecule has 0 bridgehead atoms. The van der Waals surface area contributed by atoms with Gasteiger partial charge in [0, 0.05) is 18.2 Å². The minimum Gasteiger partial charge on any atom is -0.496 e. The molecule has 1 N–H and O–H groups in total. The van der Waals surface area contributed by atoms with E-state index in [1.165, 1.54) is 44.1 Å². The SMILES string of the molecule is COc1ccccc1[C@@H](C)NCC1CCC2(CCCC2)O1. The van der Waals surface area contributed by atoms with E-state index in [0.29, 0.717) is 6.10 Å². The highest BCUT2D eigenvalue weighted by molar-refractivity contribution is 5.35. The van der Waals surface area contributed by atoms with Gasteiger partial charge in [0.15, 0.2) is 0 Å². The van der Waals surface area contributed by atoms with Gasteiger partial charge in [0.25, 0.3) is 0 Å². The molecule has 1 aromatic carbocycles. The Kier molecular flexibility index (Phi) is 4.51. The molecule has 116 valence electrons. The number of methoxy groups -OCH3 is 1. The molecule has 2 atom stereocenters. The lowest BCUT2D eigenvalue weighted by Crippen LogP contribution is -2.32. The Labute approximate surface area is 128 Å². The van der Waals surface area contributed by atoms with Gasteiger partial charge >= 0.3 is 0 Å². The van der Waals surface area contributed by atoms with Crippen molar-refractivity contribution in [3.63, 3.8) is 0 Å². The third kappa shape index (κ3) is 3.24. The zero-order valence-corrected chi connectivity index (χ0v) is 13.2. The number of benzene rings is 1. The summed E-state index contributed by atoms with van der Waals surface area (Å²) in [5.41, 5.74) is 1.45. The normalized spacial score (nSPS) is 25.3. The second-order valence-corrected chi connectivity index (χ2v) is 6.54. The van der Waals surface area contributed by atoms with Crippen LogP contribution in [0.15, 0.2) is 24.3 Å². The molecule has 3 heteroatoms. The molecule has 1 saturated heterocycles.